The fourth-order valence-corrected chi connectivity index (χ4v) is 5.86. The van der Waals surface area contributed by atoms with E-state index in [0.29, 0.717) is 34.9 Å². The number of carbonyl (C=O) groups excluding carboxylic acids is 1. The van der Waals surface area contributed by atoms with Crippen molar-refractivity contribution in [2.75, 3.05) is 26.2 Å². The summed E-state index contributed by atoms with van der Waals surface area (Å²) in [6.45, 7) is 15.2. The summed E-state index contributed by atoms with van der Waals surface area (Å²) < 4.78 is 29.9. The molecule has 8 heteroatoms. The summed E-state index contributed by atoms with van der Waals surface area (Å²) in [6.07, 6.45) is 0. The van der Waals surface area contributed by atoms with E-state index in [1.54, 1.807) is 23.4 Å². The van der Waals surface area contributed by atoms with Crippen LogP contribution in [0.2, 0.25) is 0 Å². The van der Waals surface area contributed by atoms with Crippen LogP contribution < -0.4 is 0 Å². The molecule has 0 N–H and O–H groups in total. The van der Waals surface area contributed by atoms with Crippen LogP contribution in [0.4, 0.5) is 0 Å². The van der Waals surface area contributed by atoms with E-state index in [0.717, 1.165) is 0 Å². The predicted octanol–water partition coefficient (Wildman–Crippen LogP) is 3.53. The van der Waals surface area contributed by atoms with Crippen LogP contribution in [0.25, 0.3) is 0 Å². The Hall–Kier alpha value is -2.19. The molecule has 31 heavy (non-hydrogen) atoms. The van der Waals surface area contributed by atoms with Crippen molar-refractivity contribution in [2.24, 2.45) is 0 Å². The third kappa shape index (κ3) is 4.55. The number of aromatic nitrogens is 2. The van der Waals surface area contributed by atoms with Crippen molar-refractivity contribution in [3.63, 3.8) is 0 Å². The van der Waals surface area contributed by atoms with E-state index >= 15 is 0 Å². The Balaban J connectivity index is 1.72. The summed E-state index contributed by atoms with van der Waals surface area (Å²) in [5.74, 6) is -0.0579. The van der Waals surface area contributed by atoms with Crippen molar-refractivity contribution in [3.05, 3.63) is 46.8 Å². The highest BCUT2D eigenvalue weighted by atomic mass is 32.2. The van der Waals surface area contributed by atoms with Crippen molar-refractivity contribution in [2.45, 2.75) is 64.8 Å². The second kappa shape index (κ2) is 8.39. The lowest BCUT2D eigenvalue weighted by Crippen LogP contribution is -2.50. The quantitative estimate of drug-likeness (QED) is 0.720. The maximum absolute atomic E-state index is 13.3. The van der Waals surface area contributed by atoms with Gasteiger partial charge in [-0.3, -0.25) is 9.48 Å². The molecule has 0 unspecified atom stereocenters. The molecule has 1 aliphatic heterocycles. The van der Waals surface area contributed by atoms with Crippen molar-refractivity contribution in [1.29, 1.82) is 0 Å². The molecule has 3 rings (SSSR count). The molecule has 1 aromatic heterocycles. The van der Waals surface area contributed by atoms with Crippen molar-refractivity contribution >= 4 is 15.9 Å². The summed E-state index contributed by atoms with van der Waals surface area (Å²) >= 11 is 0. The first-order valence-corrected chi connectivity index (χ1v) is 12.2. The number of benzene rings is 1. The van der Waals surface area contributed by atoms with Gasteiger partial charge in [0, 0.05) is 37.8 Å². The van der Waals surface area contributed by atoms with Crippen LogP contribution in [0.5, 0.6) is 0 Å². The standard InChI is InChI=1S/C23H34N4O3S/c1-16(2)27-18(4)21(17(3)24-27)31(29,30)26-14-12-25(13-15-26)22(28)19-8-10-20(11-9-19)23(5,6)7/h8-11,16H,12-15H2,1-7H3. The summed E-state index contributed by atoms with van der Waals surface area (Å²) in [4.78, 5) is 14.9. The molecule has 7 nitrogen and oxygen atoms in total. The van der Waals surface area contributed by atoms with Gasteiger partial charge in [0.1, 0.15) is 4.90 Å². The highest BCUT2D eigenvalue weighted by Gasteiger charge is 2.34. The van der Waals surface area contributed by atoms with Gasteiger partial charge in [0.25, 0.3) is 5.91 Å². The van der Waals surface area contributed by atoms with E-state index in [4.69, 9.17) is 0 Å². The van der Waals surface area contributed by atoms with Gasteiger partial charge in [0.2, 0.25) is 10.0 Å². The topological polar surface area (TPSA) is 75.5 Å². The molecule has 170 valence electrons. The van der Waals surface area contributed by atoms with E-state index in [1.807, 2.05) is 38.1 Å². The molecule has 1 fully saturated rings. The molecule has 2 aromatic rings. The zero-order chi connectivity index (χ0) is 23.1. The third-order valence-electron chi connectivity index (χ3n) is 5.87. The molecule has 0 aliphatic carbocycles. The lowest BCUT2D eigenvalue weighted by molar-refractivity contribution is 0.0697. The molecule has 0 saturated carbocycles. The number of sulfonamides is 1. The van der Waals surface area contributed by atoms with Gasteiger partial charge in [0.05, 0.1) is 11.4 Å². The van der Waals surface area contributed by atoms with Crippen LogP contribution in [0.15, 0.2) is 29.2 Å². The SMILES string of the molecule is Cc1nn(C(C)C)c(C)c1S(=O)(=O)N1CCN(C(=O)c2ccc(C(C)(C)C)cc2)CC1. The second-order valence-electron chi connectivity index (χ2n) is 9.56. The van der Waals surface area contributed by atoms with Crippen LogP contribution in [0.3, 0.4) is 0 Å². The summed E-state index contributed by atoms with van der Waals surface area (Å²) in [7, 11) is -3.66. The van der Waals surface area contributed by atoms with Crippen LogP contribution in [-0.2, 0) is 15.4 Å². The number of hydrogen-bond donors (Lipinski definition) is 0. The molecule has 1 amide bonds. The van der Waals surface area contributed by atoms with Gasteiger partial charge in [0.15, 0.2) is 0 Å². The fourth-order valence-electron chi connectivity index (χ4n) is 4.08. The Morgan fingerprint density at radius 1 is 1.00 bits per heavy atom. The largest absolute Gasteiger partial charge is 0.336 e. The molecule has 2 heterocycles. The average Bonchev–Trinajstić information content (AvgIpc) is 3.02. The highest BCUT2D eigenvalue weighted by Crippen LogP contribution is 2.27. The normalized spacial score (nSPS) is 16.2. The van der Waals surface area contributed by atoms with Gasteiger partial charge >= 0.3 is 0 Å². The molecular weight excluding hydrogens is 412 g/mol. The molecule has 0 bridgehead atoms. The number of hydrogen-bond acceptors (Lipinski definition) is 4. The van der Waals surface area contributed by atoms with Crippen LogP contribution in [0, 0.1) is 13.8 Å². The van der Waals surface area contributed by atoms with Crippen molar-refractivity contribution in [1.82, 2.24) is 19.0 Å². The number of amides is 1. The minimum atomic E-state index is -3.66. The Bertz CT molecular complexity index is 1060. The van der Waals surface area contributed by atoms with Crippen LogP contribution in [0.1, 0.15) is 68.0 Å². The maximum Gasteiger partial charge on any atom is 0.253 e. The minimum Gasteiger partial charge on any atom is -0.336 e. The lowest BCUT2D eigenvalue weighted by Gasteiger charge is -2.34. The molecular formula is C23H34N4O3S. The van der Waals surface area contributed by atoms with Gasteiger partial charge < -0.3 is 4.90 Å². The van der Waals surface area contributed by atoms with Crippen LogP contribution >= 0.6 is 0 Å². The number of nitrogens with zero attached hydrogens (tertiary/aromatic N) is 4. The monoisotopic (exact) mass is 446 g/mol. The molecule has 0 spiro atoms. The zero-order valence-electron chi connectivity index (χ0n) is 19.6. The molecule has 0 atom stereocenters. The second-order valence-corrected chi connectivity index (χ2v) is 11.4. The van der Waals surface area contributed by atoms with Crippen molar-refractivity contribution < 1.29 is 13.2 Å². The summed E-state index contributed by atoms with van der Waals surface area (Å²) in [5, 5.41) is 4.42. The summed E-state index contributed by atoms with van der Waals surface area (Å²) in [6, 6.07) is 7.79. The van der Waals surface area contributed by atoms with Gasteiger partial charge in [-0.25, -0.2) is 8.42 Å². The Kier molecular flexibility index (Phi) is 6.35. The molecule has 1 aliphatic rings. The fraction of sp³-hybridized carbons (Fsp3) is 0.565. The Morgan fingerprint density at radius 2 is 1.55 bits per heavy atom. The highest BCUT2D eigenvalue weighted by molar-refractivity contribution is 7.89. The van der Waals surface area contributed by atoms with E-state index in [-0.39, 0.29) is 30.5 Å². The third-order valence-corrected chi connectivity index (χ3v) is 8.02. The van der Waals surface area contributed by atoms with E-state index in [2.05, 4.69) is 25.9 Å². The Morgan fingerprint density at radius 3 is 2.00 bits per heavy atom. The average molecular weight is 447 g/mol. The van der Waals surface area contributed by atoms with E-state index in [1.165, 1.54) is 9.87 Å². The van der Waals surface area contributed by atoms with E-state index in [9.17, 15) is 13.2 Å². The lowest BCUT2D eigenvalue weighted by atomic mass is 9.86. The molecule has 1 saturated heterocycles. The first-order chi connectivity index (χ1) is 14.3. The van der Waals surface area contributed by atoms with Gasteiger partial charge in [-0.05, 0) is 50.8 Å². The number of piperazine rings is 1. The maximum atomic E-state index is 13.3. The van der Waals surface area contributed by atoms with Gasteiger partial charge in [-0.1, -0.05) is 32.9 Å². The molecule has 1 aromatic carbocycles. The van der Waals surface area contributed by atoms with Gasteiger partial charge in [-0.15, -0.1) is 0 Å². The number of aryl methyl sites for hydroxylation is 1. The van der Waals surface area contributed by atoms with Crippen LogP contribution in [-0.4, -0.2) is 59.5 Å². The smallest absolute Gasteiger partial charge is 0.253 e. The predicted molar refractivity (Wildman–Crippen MR) is 122 cm³/mol. The first-order valence-electron chi connectivity index (χ1n) is 10.8. The van der Waals surface area contributed by atoms with E-state index < -0.39 is 10.0 Å². The first kappa shape index (κ1) is 23.5. The van der Waals surface area contributed by atoms with Gasteiger partial charge in [-0.2, -0.15) is 9.40 Å². The zero-order valence-corrected chi connectivity index (χ0v) is 20.5. The molecule has 0 radical (unpaired) electrons. The summed E-state index contributed by atoms with van der Waals surface area (Å²) in [5.41, 5.74) is 3.01. The number of rotatable bonds is 4. The Labute approximate surface area is 186 Å². The van der Waals surface area contributed by atoms with Crippen molar-refractivity contribution in [3.8, 4) is 0 Å². The minimum absolute atomic E-state index is 0.0290. The number of carbonyl (C=O) groups is 1.